The van der Waals surface area contributed by atoms with Crippen molar-refractivity contribution in [3.8, 4) is 0 Å². The summed E-state index contributed by atoms with van der Waals surface area (Å²) in [5.41, 5.74) is 0.573. The minimum atomic E-state index is -1.12. The number of carbonyl (C=O) groups excluding carboxylic acids is 2. The molecule has 0 unspecified atom stereocenters. The second-order valence-electron chi connectivity index (χ2n) is 10.2. The zero-order valence-corrected chi connectivity index (χ0v) is 22.1. The first-order chi connectivity index (χ1) is 18.7. The van der Waals surface area contributed by atoms with Crippen molar-refractivity contribution in [2.24, 2.45) is 0 Å². The molecular formula is C31H32O8. The molecule has 0 aliphatic carbocycles. The number of hydrogen-bond donors (Lipinski definition) is 0. The van der Waals surface area contributed by atoms with Gasteiger partial charge in [0, 0.05) is 0 Å². The van der Waals surface area contributed by atoms with Crippen molar-refractivity contribution in [3.63, 3.8) is 0 Å². The van der Waals surface area contributed by atoms with E-state index in [-0.39, 0.29) is 13.2 Å². The number of rotatable bonds is 9. The number of ether oxygens (including phenoxy) is 6. The Balaban J connectivity index is 1.42. The molecule has 0 radical (unpaired) electrons. The van der Waals surface area contributed by atoms with Crippen LogP contribution in [0.5, 0.6) is 0 Å². The second kappa shape index (κ2) is 11.3. The van der Waals surface area contributed by atoms with Crippen molar-refractivity contribution in [2.75, 3.05) is 6.61 Å². The maximum atomic E-state index is 13.1. The molecule has 2 aliphatic rings. The fourth-order valence-corrected chi connectivity index (χ4v) is 4.87. The molecule has 3 aromatic rings. The van der Waals surface area contributed by atoms with Gasteiger partial charge in [-0.15, -0.1) is 0 Å². The van der Waals surface area contributed by atoms with Crippen LogP contribution in [0.4, 0.5) is 0 Å². The molecule has 39 heavy (non-hydrogen) atoms. The second-order valence-corrected chi connectivity index (χ2v) is 10.2. The van der Waals surface area contributed by atoms with Gasteiger partial charge in [0.2, 0.25) is 0 Å². The molecule has 5 rings (SSSR count). The standard InChI is InChI=1S/C31H32O8/c1-30(2)38-26-29(39-30)37-25(31(26,3)35-19-21-13-7-4-8-14-21)24(36-28(33)23-17-11-6-12-18-23)20-34-27(32)22-15-9-5-10-16-22/h4-18,24-26,29H,19-20H2,1-3H3/t24-,25-,26+,29-,31-/m1/s1. The van der Waals surface area contributed by atoms with Gasteiger partial charge < -0.3 is 28.4 Å². The topological polar surface area (TPSA) is 89.5 Å². The lowest BCUT2D eigenvalue weighted by atomic mass is 9.90. The summed E-state index contributed by atoms with van der Waals surface area (Å²) in [6.45, 7) is 5.45. The summed E-state index contributed by atoms with van der Waals surface area (Å²) < 4.78 is 36.6. The Morgan fingerprint density at radius 3 is 1.97 bits per heavy atom. The Morgan fingerprint density at radius 2 is 1.36 bits per heavy atom. The van der Waals surface area contributed by atoms with Crippen molar-refractivity contribution in [3.05, 3.63) is 108 Å². The van der Waals surface area contributed by atoms with Gasteiger partial charge in [0.25, 0.3) is 0 Å². The highest BCUT2D eigenvalue weighted by atomic mass is 16.8. The summed E-state index contributed by atoms with van der Waals surface area (Å²) in [5, 5.41) is 0. The molecule has 8 nitrogen and oxygen atoms in total. The van der Waals surface area contributed by atoms with E-state index >= 15 is 0 Å². The van der Waals surface area contributed by atoms with Crippen LogP contribution < -0.4 is 0 Å². The van der Waals surface area contributed by atoms with E-state index in [1.54, 1.807) is 62.4 Å². The van der Waals surface area contributed by atoms with Crippen molar-refractivity contribution >= 4 is 11.9 Å². The third-order valence-electron chi connectivity index (χ3n) is 6.85. The average molecular weight is 533 g/mol. The third kappa shape index (κ3) is 6.04. The molecule has 0 saturated carbocycles. The summed E-state index contributed by atoms with van der Waals surface area (Å²) >= 11 is 0. The van der Waals surface area contributed by atoms with Crippen molar-refractivity contribution in [1.29, 1.82) is 0 Å². The average Bonchev–Trinajstić information content (AvgIpc) is 3.41. The summed E-state index contributed by atoms with van der Waals surface area (Å²) in [4.78, 5) is 25.9. The van der Waals surface area contributed by atoms with E-state index in [1.165, 1.54) is 0 Å². The third-order valence-corrected chi connectivity index (χ3v) is 6.85. The van der Waals surface area contributed by atoms with Gasteiger partial charge in [-0.05, 0) is 50.6 Å². The van der Waals surface area contributed by atoms with Crippen LogP contribution >= 0.6 is 0 Å². The monoisotopic (exact) mass is 532 g/mol. The maximum absolute atomic E-state index is 13.1. The highest BCUT2D eigenvalue weighted by molar-refractivity contribution is 5.90. The van der Waals surface area contributed by atoms with E-state index in [1.807, 2.05) is 49.4 Å². The lowest BCUT2D eigenvalue weighted by Crippen LogP contribution is -2.55. The molecule has 2 aliphatic heterocycles. The van der Waals surface area contributed by atoms with E-state index in [0.29, 0.717) is 11.1 Å². The molecular weight excluding hydrogens is 500 g/mol. The molecule has 8 heteroatoms. The van der Waals surface area contributed by atoms with Crippen molar-refractivity contribution in [1.82, 2.24) is 0 Å². The Bertz CT molecular complexity index is 1260. The van der Waals surface area contributed by atoms with E-state index in [0.717, 1.165) is 5.56 Å². The lowest BCUT2D eigenvalue weighted by Gasteiger charge is -2.38. The number of fused-ring (bicyclic) bond motifs is 1. The van der Waals surface area contributed by atoms with E-state index in [2.05, 4.69) is 0 Å². The summed E-state index contributed by atoms with van der Waals surface area (Å²) in [6, 6.07) is 26.9. The van der Waals surface area contributed by atoms with Gasteiger partial charge in [0.15, 0.2) is 18.2 Å². The number of carbonyl (C=O) groups is 2. The highest BCUT2D eigenvalue weighted by Gasteiger charge is 2.64. The molecule has 0 amide bonds. The minimum Gasteiger partial charge on any atom is -0.458 e. The van der Waals surface area contributed by atoms with Gasteiger partial charge in [-0.3, -0.25) is 0 Å². The fraction of sp³-hybridized carbons (Fsp3) is 0.355. The molecule has 2 fully saturated rings. The van der Waals surface area contributed by atoms with Crippen LogP contribution in [0, 0.1) is 0 Å². The summed E-state index contributed by atoms with van der Waals surface area (Å²) in [5.74, 6) is -2.02. The molecule has 3 aromatic carbocycles. The van der Waals surface area contributed by atoms with Crippen LogP contribution in [-0.2, 0) is 35.0 Å². The Hall–Kier alpha value is -3.56. The Morgan fingerprint density at radius 1 is 0.795 bits per heavy atom. The predicted octanol–water partition coefficient (Wildman–Crippen LogP) is 4.92. The van der Waals surface area contributed by atoms with Crippen LogP contribution in [0.2, 0.25) is 0 Å². The predicted molar refractivity (Wildman–Crippen MR) is 141 cm³/mol. The van der Waals surface area contributed by atoms with E-state index in [9.17, 15) is 9.59 Å². The molecule has 2 saturated heterocycles. The van der Waals surface area contributed by atoms with Gasteiger partial charge in [-0.25, -0.2) is 9.59 Å². The van der Waals surface area contributed by atoms with Crippen LogP contribution in [0.15, 0.2) is 91.0 Å². The van der Waals surface area contributed by atoms with Gasteiger partial charge >= 0.3 is 11.9 Å². The van der Waals surface area contributed by atoms with Gasteiger partial charge in [0.05, 0.1) is 17.7 Å². The molecule has 0 aromatic heterocycles. The summed E-state index contributed by atoms with van der Waals surface area (Å²) in [6.07, 6.45) is -3.28. The van der Waals surface area contributed by atoms with Crippen LogP contribution in [-0.4, -0.2) is 54.5 Å². The lowest BCUT2D eigenvalue weighted by molar-refractivity contribution is -0.250. The zero-order valence-electron chi connectivity index (χ0n) is 22.1. The minimum absolute atomic E-state index is 0.257. The van der Waals surface area contributed by atoms with E-state index < -0.39 is 47.9 Å². The van der Waals surface area contributed by atoms with Crippen LogP contribution in [0.3, 0.4) is 0 Å². The molecule has 2 heterocycles. The fourth-order valence-electron chi connectivity index (χ4n) is 4.87. The first-order valence-corrected chi connectivity index (χ1v) is 12.9. The molecule has 204 valence electrons. The number of benzene rings is 3. The molecule has 0 bridgehead atoms. The zero-order chi connectivity index (χ0) is 27.5. The Labute approximate surface area is 227 Å². The maximum Gasteiger partial charge on any atom is 0.338 e. The molecule has 5 atom stereocenters. The van der Waals surface area contributed by atoms with Gasteiger partial charge in [-0.2, -0.15) is 0 Å². The molecule has 0 spiro atoms. The Kier molecular flexibility index (Phi) is 7.81. The molecule has 0 N–H and O–H groups in total. The van der Waals surface area contributed by atoms with E-state index in [4.69, 9.17) is 28.4 Å². The first-order valence-electron chi connectivity index (χ1n) is 12.9. The number of esters is 2. The van der Waals surface area contributed by atoms with Crippen molar-refractivity contribution in [2.45, 2.75) is 63.4 Å². The van der Waals surface area contributed by atoms with Crippen LogP contribution in [0.25, 0.3) is 0 Å². The van der Waals surface area contributed by atoms with Gasteiger partial charge in [0.1, 0.15) is 24.4 Å². The smallest absolute Gasteiger partial charge is 0.338 e. The van der Waals surface area contributed by atoms with Crippen molar-refractivity contribution < 1.29 is 38.0 Å². The SMILES string of the molecule is CC1(C)O[C@H]2O[C@H]([C@@H](COC(=O)c3ccccc3)OC(=O)c3ccccc3)[C@@](C)(OCc3ccccc3)[C@H]2O1. The number of hydrogen-bond acceptors (Lipinski definition) is 8. The normalized spacial score (nSPS) is 26.0. The van der Waals surface area contributed by atoms with Gasteiger partial charge in [-0.1, -0.05) is 66.7 Å². The summed E-state index contributed by atoms with van der Waals surface area (Å²) in [7, 11) is 0. The first kappa shape index (κ1) is 27.0. The largest absolute Gasteiger partial charge is 0.458 e. The highest BCUT2D eigenvalue weighted by Crippen LogP contribution is 2.46. The van der Waals surface area contributed by atoms with Crippen LogP contribution in [0.1, 0.15) is 47.1 Å². The quantitative estimate of drug-likeness (QED) is 0.359.